The fraction of sp³-hybridized carbons (Fsp3) is 0.500. The van der Waals surface area contributed by atoms with E-state index < -0.39 is 0 Å². The summed E-state index contributed by atoms with van der Waals surface area (Å²) in [6, 6.07) is 6.04. The molecule has 3 amide bonds. The molecule has 1 aliphatic carbocycles. The molecule has 1 aromatic heterocycles. The second-order valence-corrected chi connectivity index (χ2v) is 8.53. The largest absolute Gasteiger partial charge is 0.351 e. The molecule has 1 saturated heterocycles. The van der Waals surface area contributed by atoms with Crippen LogP contribution in [0.4, 0.5) is 0 Å². The van der Waals surface area contributed by atoms with Crippen molar-refractivity contribution in [2.24, 2.45) is 0 Å². The van der Waals surface area contributed by atoms with Gasteiger partial charge in [-0.3, -0.25) is 19.4 Å². The standard InChI is InChI=1S/C24H30N4O3/c1-16-7-8-21-19(15-16)23(18-5-3-4-6-20(18)26-21)24(31)25-10-9-22(30)28-13-11-27(12-14-28)17(2)29/h7-8,15H,3-6,9-14H2,1-2H3,(H,25,31). The van der Waals surface area contributed by atoms with E-state index in [1.54, 1.807) is 16.7 Å². The van der Waals surface area contributed by atoms with Crippen molar-refractivity contribution >= 4 is 28.6 Å². The highest BCUT2D eigenvalue weighted by Gasteiger charge is 2.24. The van der Waals surface area contributed by atoms with Gasteiger partial charge in [-0.2, -0.15) is 0 Å². The highest BCUT2D eigenvalue weighted by molar-refractivity contribution is 6.08. The number of benzene rings is 1. The van der Waals surface area contributed by atoms with Gasteiger partial charge >= 0.3 is 0 Å². The maximum Gasteiger partial charge on any atom is 0.252 e. The van der Waals surface area contributed by atoms with Crippen LogP contribution in [0.1, 0.15) is 53.4 Å². The Morgan fingerprint density at radius 1 is 1.03 bits per heavy atom. The summed E-state index contributed by atoms with van der Waals surface area (Å²) in [5, 5.41) is 3.87. The molecule has 1 aromatic carbocycles. The van der Waals surface area contributed by atoms with Gasteiger partial charge < -0.3 is 15.1 Å². The molecule has 1 fully saturated rings. The average molecular weight is 423 g/mol. The number of hydrogen-bond donors (Lipinski definition) is 1. The Bertz CT molecular complexity index is 1030. The van der Waals surface area contributed by atoms with Crippen LogP contribution >= 0.6 is 0 Å². The Morgan fingerprint density at radius 3 is 2.48 bits per heavy atom. The van der Waals surface area contributed by atoms with Gasteiger partial charge in [-0.1, -0.05) is 11.6 Å². The van der Waals surface area contributed by atoms with Crippen LogP contribution in [0.5, 0.6) is 0 Å². The molecular weight excluding hydrogens is 392 g/mol. The van der Waals surface area contributed by atoms with Gasteiger partial charge in [0, 0.05) is 57.1 Å². The normalized spacial score (nSPS) is 16.2. The van der Waals surface area contributed by atoms with E-state index in [0.29, 0.717) is 32.7 Å². The van der Waals surface area contributed by atoms with E-state index in [0.717, 1.165) is 59.0 Å². The number of hydrogen-bond acceptors (Lipinski definition) is 4. The minimum absolute atomic E-state index is 0.0148. The van der Waals surface area contributed by atoms with E-state index in [1.807, 2.05) is 25.1 Å². The zero-order valence-corrected chi connectivity index (χ0v) is 18.4. The number of nitrogens with zero attached hydrogens (tertiary/aromatic N) is 3. The molecule has 7 heteroatoms. The van der Waals surface area contributed by atoms with E-state index in [4.69, 9.17) is 4.98 Å². The van der Waals surface area contributed by atoms with Gasteiger partial charge in [-0.05, 0) is 50.3 Å². The number of aromatic nitrogens is 1. The minimum atomic E-state index is -0.120. The Morgan fingerprint density at radius 2 is 1.74 bits per heavy atom. The van der Waals surface area contributed by atoms with Gasteiger partial charge in [0.25, 0.3) is 5.91 Å². The molecule has 0 bridgehead atoms. The van der Waals surface area contributed by atoms with Crippen molar-refractivity contribution in [3.63, 3.8) is 0 Å². The van der Waals surface area contributed by atoms with Crippen LogP contribution in [0.15, 0.2) is 18.2 Å². The molecule has 7 nitrogen and oxygen atoms in total. The van der Waals surface area contributed by atoms with Crippen LogP contribution in [0.25, 0.3) is 10.9 Å². The zero-order valence-electron chi connectivity index (χ0n) is 18.4. The Balaban J connectivity index is 1.44. The molecule has 164 valence electrons. The van der Waals surface area contributed by atoms with E-state index in [2.05, 4.69) is 5.32 Å². The summed E-state index contributed by atoms with van der Waals surface area (Å²) in [6.07, 6.45) is 4.20. The summed E-state index contributed by atoms with van der Waals surface area (Å²) in [5.74, 6) is -0.0613. The molecule has 0 spiro atoms. The van der Waals surface area contributed by atoms with E-state index in [-0.39, 0.29) is 24.1 Å². The minimum Gasteiger partial charge on any atom is -0.351 e. The number of nitrogens with one attached hydrogen (secondary N) is 1. The lowest BCUT2D eigenvalue weighted by atomic mass is 9.89. The van der Waals surface area contributed by atoms with Crippen LogP contribution in [0.3, 0.4) is 0 Å². The van der Waals surface area contributed by atoms with E-state index in [9.17, 15) is 14.4 Å². The first kappa shape index (κ1) is 21.3. The molecule has 0 atom stereocenters. The van der Waals surface area contributed by atoms with Crippen molar-refractivity contribution in [1.29, 1.82) is 0 Å². The topological polar surface area (TPSA) is 82.6 Å². The van der Waals surface area contributed by atoms with Crippen molar-refractivity contribution in [2.45, 2.75) is 46.0 Å². The van der Waals surface area contributed by atoms with Crippen LogP contribution < -0.4 is 5.32 Å². The van der Waals surface area contributed by atoms with E-state index >= 15 is 0 Å². The molecule has 2 heterocycles. The highest BCUT2D eigenvalue weighted by atomic mass is 16.2. The summed E-state index contributed by atoms with van der Waals surface area (Å²) in [6.45, 7) is 6.11. The average Bonchev–Trinajstić information content (AvgIpc) is 2.77. The maximum atomic E-state index is 13.2. The Kier molecular flexibility index (Phi) is 6.20. The lowest BCUT2D eigenvalue weighted by molar-refractivity contribution is -0.138. The Labute approximate surface area is 182 Å². The van der Waals surface area contributed by atoms with Crippen molar-refractivity contribution in [2.75, 3.05) is 32.7 Å². The second-order valence-electron chi connectivity index (χ2n) is 8.53. The first-order chi connectivity index (χ1) is 14.9. The molecule has 0 saturated carbocycles. The van der Waals surface area contributed by atoms with Gasteiger partial charge in [-0.15, -0.1) is 0 Å². The summed E-state index contributed by atoms with van der Waals surface area (Å²) >= 11 is 0. The number of rotatable bonds is 4. The van der Waals surface area contributed by atoms with Gasteiger partial charge in [0.1, 0.15) is 0 Å². The quantitative estimate of drug-likeness (QED) is 0.819. The van der Waals surface area contributed by atoms with Crippen molar-refractivity contribution in [3.8, 4) is 0 Å². The lowest BCUT2D eigenvalue weighted by Crippen LogP contribution is -2.50. The van der Waals surface area contributed by atoms with Gasteiger partial charge in [0.05, 0.1) is 11.1 Å². The molecule has 0 unspecified atom stereocenters. The van der Waals surface area contributed by atoms with Crippen LogP contribution in [-0.2, 0) is 22.4 Å². The van der Waals surface area contributed by atoms with E-state index in [1.165, 1.54) is 0 Å². The predicted molar refractivity (Wildman–Crippen MR) is 119 cm³/mol. The zero-order chi connectivity index (χ0) is 22.0. The summed E-state index contributed by atoms with van der Waals surface area (Å²) in [4.78, 5) is 45.5. The van der Waals surface area contributed by atoms with Gasteiger partial charge in [0.2, 0.25) is 11.8 Å². The monoisotopic (exact) mass is 422 g/mol. The van der Waals surface area contributed by atoms with Crippen LogP contribution in [0, 0.1) is 6.92 Å². The summed E-state index contributed by atoms with van der Waals surface area (Å²) in [5.41, 5.74) is 4.78. The van der Waals surface area contributed by atoms with Crippen molar-refractivity contribution in [3.05, 3.63) is 40.6 Å². The fourth-order valence-corrected chi connectivity index (χ4v) is 4.60. The molecule has 4 rings (SSSR count). The third-order valence-corrected chi connectivity index (χ3v) is 6.35. The van der Waals surface area contributed by atoms with Gasteiger partial charge in [0.15, 0.2) is 0 Å². The van der Waals surface area contributed by atoms with Crippen LogP contribution in [0.2, 0.25) is 0 Å². The summed E-state index contributed by atoms with van der Waals surface area (Å²) < 4.78 is 0. The molecule has 1 N–H and O–H groups in total. The van der Waals surface area contributed by atoms with Crippen molar-refractivity contribution in [1.82, 2.24) is 20.1 Å². The lowest BCUT2D eigenvalue weighted by Gasteiger charge is -2.34. The number of amides is 3. The first-order valence-corrected chi connectivity index (χ1v) is 11.2. The fourth-order valence-electron chi connectivity index (χ4n) is 4.60. The third-order valence-electron chi connectivity index (χ3n) is 6.35. The predicted octanol–water partition coefficient (Wildman–Crippen LogP) is 2.23. The molecular formula is C24H30N4O3. The first-order valence-electron chi connectivity index (χ1n) is 11.2. The van der Waals surface area contributed by atoms with Crippen molar-refractivity contribution < 1.29 is 14.4 Å². The number of carbonyl (C=O) groups is 3. The molecule has 0 radical (unpaired) electrons. The SMILES string of the molecule is CC(=O)N1CCN(C(=O)CCNC(=O)c2c3c(nc4ccc(C)cc24)CCCC3)CC1. The number of aryl methyl sites for hydroxylation is 2. The smallest absolute Gasteiger partial charge is 0.252 e. The number of carbonyl (C=O) groups excluding carboxylic acids is 3. The molecule has 31 heavy (non-hydrogen) atoms. The highest BCUT2D eigenvalue weighted by Crippen LogP contribution is 2.29. The van der Waals surface area contributed by atoms with Crippen LogP contribution in [-0.4, -0.2) is 65.2 Å². The molecule has 2 aromatic rings. The second kappa shape index (κ2) is 9.04. The number of piperazine rings is 1. The Hall–Kier alpha value is -2.96. The third kappa shape index (κ3) is 4.55. The van der Waals surface area contributed by atoms with Gasteiger partial charge in [-0.25, -0.2) is 0 Å². The molecule has 2 aliphatic rings. The molecule has 1 aliphatic heterocycles. The maximum absolute atomic E-state index is 13.2. The summed E-state index contributed by atoms with van der Waals surface area (Å²) in [7, 11) is 0. The number of pyridine rings is 1. The number of fused-ring (bicyclic) bond motifs is 2.